The van der Waals surface area contributed by atoms with E-state index in [9.17, 15) is 0 Å². The van der Waals surface area contributed by atoms with Crippen LogP contribution in [0.15, 0.2) is 115 Å². The maximum absolute atomic E-state index is 6.63. The fourth-order valence-corrected chi connectivity index (χ4v) is 5.48. The van der Waals surface area contributed by atoms with Gasteiger partial charge in [0.1, 0.15) is 5.76 Å². The van der Waals surface area contributed by atoms with Crippen molar-refractivity contribution >= 4 is 44.8 Å². The van der Waals surface area contributed by atoms with Gasteiger partial charge in [0.2, 0.25) is 0 Å². The van der Waals surface area contributed by atoms with Crippen LogP contribution in [0.1, 0.15) is 12.8 Å². The van der Waals surface area contributed by atoms with E-state index >= 15 is 0 Å². The first kappa shape index (κ1) is 19.5. The normalized spacial score (nSPS) is 14.9. The lowest BCUT2D eigenvalue weighted by Gasteiger charge is -2.35. The van der Waals surface area contributed by atoms with Crippen LogP contribution in [0.25, 0.3) is 27.5 Å². The van der Waals surface area contributed by atoms with Gasteiger partial charge >= 0.3 is 0 Å². The molecule has 5 aromatic rings. The Morgan fingerprint density at radius 2 is 1.50 bits per heavy atom. The van der Waals surface area contributed by atoms with Crippen LogP contribution in [0.4, 0.5) is 11.4 Å². The second-order valence-electron chi connectivity index (χ2n) is 8.66. The summed E-state index contributed by atoms with van der Waals surface area (Å²) >= 11 is 6.63. The van der Waals surface area contributed by atoms with Crippen LogP contribution in [0.5, 0.6) is 5.75 Å². The number of ether oxygens (including phenoxy) is 1. The van der Waals surface area contributed by atoms with E-state index in [4.69, 9.17) is 16.3 Å². The number of hydrogen-bond acceptors (Lipinski definition) is 2. The molecule has 3 nitrogen and oxygen atoms in total. The number of para-hydroxylation sites is 3. The second kappa shape index (κ2) is 7.54. The number of anilines is 2. The SMILES string of the molecule is Clc1cccc2c1c1ccccc1n2-c1ccc(N2C3=C(CCC=C3)Oc3ccccc32)cc1. The van der Waals surface area contributed by atoms with Crippen LogP contribution in [0.2, 0.25) is 5.02 Å². The highest BCUT2D eigenvalue weighted by atomic mass is 35.5. The largest absolute Gasteiger partial charge is 0.457 e. The first-order valence-corrected chi connectivity index (χ1v) is 11.9. The third-order valence-corrected chi connectivity index (χ3v) is 7.01. The monoisotopic (exact) mass is 460 g/mol. The molecule has 4 aromatic carbocycles. The van der Waals surface area contributed by atoms with Crippen molar-refractivity contribution < 1.29 is 4.74 Å². The molecule has 1 aliphatic carbocycles. The van der Waals surface area contributed by atoms with E-state index in [2.05, 4.69) is 88.3 Å². The second-order valence-corrected chi connectivity index (χ2v) is 9.06. The van der Waals surface area contributed by atoms with Gasteiger partial charge in [-0.05, 0) is 67.1 Å². The molecule has 164 valence electrons. The number of nitrogens with zero attached hydrogens (tertiary/aromatic N) is 2. The molecule has 0 fully saturated rings. The molecule has 0 saturated carbocycles. The van der Waals surface area contributed by atoms with Crippen molar-refractivity contribution in [3.63, 3.8) is 0 Å². The average Bonchev–Trinajstić information content (AvgIpc) is 3.23. The van der Waals surface area contributed by atoms with Crippen LogP contribution < -0.4 is 9.64 Å². The molecule has 34 heavy (non-hydrogen) atoms. The smallest absolute Gasteiger partial charge is 0.151 e. The fourth-order valence-electron chi connectivity index (χ4n) is 5.21. The van der Waals surface area contributed by atoms with E-state index in [0.717, 1.165) is 73.9 Å². The number of halogens is 1. The van der Waals surface area contributed by atoms with Crippen LogP contribution in [-0.4, -0.2) is 4.57 Å². The maximum atomic E-state index is 6.63. The molecule has 0 amide bonds. The standard InChI is InChI=1S/C30H21ClN2O/c31-23-9-7-13-27-30(23)22-8-1-2-10-24(22)32(27)20-16-18-21(19-17-20)33-25-11-3-5-14-28(25)34-29-15-6-4-12-26(29)33/h1-5,7-14,16-19H,6,15H2. The van der Waals surface area contributed by atoms with Crippen LogP contribution in [0.3, 0.4) is 0 Å². The molecule has 0 atom stereocenters. The van der Waals surface area contributed by atoms with Crippen molar-refractivity contribution in [2.75, 3.05) is 4.90 Å². The van der Waals surface area contributed by atoms with E-state index in [1.165, 1.54) is 0 Å². The zero-order valence-electron chi connectivity index (χ0n) is 18.4. The molecular weight excluding hydrogens is 440 g/mol. The molecule has 0 N–H and O–H groups in total. The quantitative estimate of drug-likeness (QED) is 0.262. The van der Waals surface area contributed by atoms with E-state index in [1.54, 1.807) is 0 Å². The number of rotatable bonds is 2. The van der Waals surface area contributed by atoms with Crippen LogP contribution in [-0.2, 0) is 0 Å². The van der Waals surface area contributed by atoms with Gasteiger partial charge in [0, 0.05) is 28.6 Å². The summed E-state index contributed by atoms with van der Waals surface area (Å²) in [5.41, 5.74) is 6.64. The topological polar surface area (TPSA) is 17.4 Å². The van der Waals surface area contributed by atoms with E-state index in [0.29, 0.717) is 0 Å². The molecule has 0 radical (unpaired) electrons. The van der Waals surface area contributed by atoms with Gasteiger partial charge in [-0.3, -0.25) is 0 Å². The Hall–Kier alpha value is -3.95. The molecule has 2 aliphatic rings. The summed E-state index contributed by atoms with van der Waals surface area (Å²) in [5.74, 6) is 1.93. The number of allylic oxidation sites excluding steroid dienone is 3. The predicted octanol–water partition coefficient (Wildman–Crippen LogP) is 8.53. The summed E-state index contributed by atoms with van der Waals surface area (Å²) in [6.45, 7) is 0. The van der Waals surface area contributed by atoms with E-state index < -0.39 is 0 Å². The van der Waals surface area contributed by atoms with Gasteiger partial charge in [-0.2, -0.15) is 0 Å². The lowest BCUT2D eigenvalue weighted by atomic mass is 10.0. The number of aromatic nitrogens is 1. The fraction of sp³-hybridized carbons (Fsp3) is 0.0667. The summed E-state index contributed by atoms with van der Waals surface area (Å²) < 4.78 is 8.54. The molecule has 0 bridgehead atoms. The minimum Gasteiger partial charge on any atom is -0.457 e. The minimum atomic E-state index is 0.776. The van der Waals surface area contributed by atoms with Crippen LogP contribution >= 0.6 is 11.6 Å². The van der Waals surface area contributed by atoms with Crippen LogP contribution in [0, 0.1) is 0 Å². The average molecular weight is 461 g/mol. The highest BCUT2D eigenvalue weighted by Crippen LogP contribution is 2.45. The molecule has 0 saturated heterocycles. The highest BCUT2D eigenvalue weighted by Gasteiger charge is 2.27. The molecule has 2 heterocycles. The predicted molar refractivity (Wildman–Crippen MR) is 140 cm³/mol. The third kappa shape index (κ3) is 2.84. The molecule has 0 spiro atoms. The summed E-state index contributed by atoms with van der Waals surface area (Å²) in [5, 5.41) is 3.03. The first-order chi connectivity index (χ1) is 16.8. The minimum absolute atomic E-state index is 0.776. The molecule has 1 aromatic heterocycles. The number of hydrogen-bond donors (Lipinski definition) is 0. The van der Waals surface area contributed by atoms with Gasteiger partial charge in [0.25, 0.3) is 0 Å². The van der Waals surface area contributed by atoms with Gasteiger partial charge in [-0.1, -0.05) is 54.1 Å². The van der Waals surface area contributed by atoms with Crippen molar-refractivity contribution in [1.82, 2.24) is 4.57 Å². The Bertz CT molecular complexity index is 1640. The summed E-state index contributed by atoms with van der Waals surface area (Å²) in [4.78, 5) is 2.30. The van der Waals surface area contributed by atoms with Gasteiger partial charge in [-0.15, -0.1) is 0 Å². The van der Waals surface area contributed by atoms with Gasteiger partial charge in [0.15, 0.2) is 5.75 Å². The summed E-state index contributed by atoms with van der Waals surface area (Å²) in [6.07, 6.45) is 6.32. The number of benzene rings is 4. The highest BCUT2D eigenvalue weighted by molar-refractivity contribution is 6.38. The zero-order chi connectivity index (χ0) is 22.6. The lowest BCUT2D eigenvalue weighted by Crippen LogP contribution is -2.24. The van der Waals surface area contributed by atoms with Gasteiger partial charge in [0.05, 0.1) is 27.4 Å². The van der Waals surface area contributed by atoms with Crippen molar-refractivity contribution in [2.45, 2.75) is 12.8 Å². The maximum Gasteiger partial charge on any atom is 0.151 e. The molecule has 1 aliphatic heterocycles. The number of fused-ring (bicyclic) bond motifs is 4. The molecule has 4 heteroatoms. The first-order valence-electron chi connectivity index (χ1n) is 11.5. The Morgan fingerprint density at radius 1 is 0.735 bits per heavy atom. The van der Waals surface area contributed by atoms with E-state index in [1.807, 2.05) is 24.3 Å². The molecule has 0 unspecified atom stereocenters. The summed E-state index contributed by atoms with van der Waals surface area (Å²) in [6, 6.07) is 31.6. The Labute approximate surface area is 202 Å². The zero-order valence-corrected chi connectivity index (χ0v) is 19.2. The Morgan fingerprint density at radius 3 is 2.41 bits per heavy atom. The Balaban J connectivity index is 1.40. The van der Waals surface area contributed by atoms with Crippen molar-refractivity contribution in [3.8, 4) is 11.4 Å². The van der Waals surface area contributed by atoms with Crippen molar-refractivity contribution in [1.29, 1.82) is 0 Å². The van der Waals surface area contributed by atoms with Gasteiger partial charge < -0.3 is 14.2 Å². The molecule has 7 rings (SSSR count). The van der Waals surface area contributed by atoms with Crippen molar-refractivity contribution in [3.05, 3.63) is 120 Å². The van der Waals surface area contributed by atoms with Crippen molar-refractivity contribution in [2.24, 2.45) is 0 Å². The summed E-state index contributed by atoms with van der Waals surface area (Å²) in [7, 11) is 0. The van der Waals surface area contributed by atoms with E-state index in [-0.39, 0.29) is 0 Å². The van der Waals surface area contributed by atoms with Gasteiger partial charge in [-0.25, -0.2) is 0 Å². The third-order valence-electron chi connectivity index (χ3n) is 6.69. The Kier molecular flexibility index (Phi) is 4.33. The molecular formula is C30H21ClN2O. The lowest BCUT2D eigenvalue weighted by molar-refractivity contribution is 0.388.